The Hall–Kier alpha value is -2.04. The van der Waals surface area contributed by atoms with Crippen molar-refractivity contribution in [2.75, 3.05) is 19.8 Å². The van der Waals surface area contributed by atoms with Crippen LogP contribution in [-0.2, 0) is 11.3 Å². The van der Waals surface area contributed by atoms with Crippen molar-refractivity contribution >= 4 is 0 Å². The van der Waals surface area contributed by atoms with Crippen molar-refractivity contribution in [2.24, 2.45) is 11.7 Å². The van der Waals surface area contributed by atoms with Gasteiger partial charge in [-0.15, -0.1) is 0 Å². The van der Waals surface area contributed by atoms with E-state index in [9.17, 15) is 0 Å². The van der Waals surface area contributed by atoms with E-state index in [-0.39, 0.29) is 6.04 Å². The largest absolute Gasteiger partial charge is 0.490 e. The Balaban J connectivity index is 1.72. The van der Waals surface area contributed by atoms with Gasteiger partial charge < -0.3 is 19.9 Å². The summed E-state index contributed by atoms with van der Waals surface area (Å²) in [6, 6.07) is 16.2. The molecule has 1 atom stereocenters. The Bertz CT molecular complexity index is 653. The first-order valence-electron chi connectivity index (χ1n) is 9.04. The van der Waals surface area contributed by atoms with Crippen LogP contribution >= 0.6 is 0 Å². The van der Waals surface area contributed by atoms with Crippen molar-refractivity contribution in [1.82, 2.24) is 0 Å². The van der Waals surface area contributed by atoms with Gasteiger partial charge in [-0.1, -0.05) is 36.4 Å². The second-order valence-corrected chi connectivity index (χ2v) is 6.39. The smallest absolute Gasteiger partial charge is 0.161 e. The first-order chi connectivity index (χ1) is 12.3. The summed E-state index contributed by atoms with van der Waals surface area (Å²) in [4.78, 5) is 0. The number of nitrogens with two attached hydrogens (primary N) is 1. The van der Waals surface area contributed by atoms with E-state index in [1.54, 1.807) is 0 Å². The van der Waals surface area contributed by atoms with Crippen LogP contribution < -0.4 is 15.2 Å². The van der Waals surface area contributed by atoms with Crippen molar-refractivity contribution in [3.05, 3.63) is 59.7 Å². The minimum atomic E-state index is 0.00581. The number of ether oxygens (including phenoxy) is 3. The second kappa shape index (κ2) is 8.88. The third-order valence-electron chi connectivity index (χ3n) is 4.66. The molecule has 2 aromatic carbocycles. The Labute approximate surface area is 149 Å². The summed E-state index contributed by atoms with van der Waals surface area (Å²) < 4.78 is 17.2. The summed E-state index contributed by atoms with van der Waals surface area (Å²) in [6.45, 7) is 4.69. The highest BCUT2D eigenvalue weighted by atomic mass is 16.5. The summed E-state index contributed by atoms with van der Waals surface area (Å²) >= 11 is 0. The van der Waals surface area contributed by atoms with E-state index in [4.69, 9.17) is 19.9 Å². The molecule has 0 unspecified atom stereocenters. The highest BCUT2D eigenvalue weighted by Crippen LogP contribution is 2.34. The Morgan fingerprint density at radius 3 is 2.52 bits per heavy atom. The highest BCUT2D eigenvalue weighted by Gasteiger charge is 2.23. The van der Waals surface area contributed by atoms with E-state index in [0.717, 1.165) is 48.7 Å². The maximum Gasteiger partial charge on any atom is 0.161 e. The lowest BCUT2D eigenvalue weighted by atomic mass is 9.87. The van der Waals surface area contributed by atoms with Gasteiger partial charge in [-0.2, -0.15) is 0 Å². The van der Waals surface area contributed by atoms with Gasteiger partial charge in [-0.3, -0.25) is 0 Å². The summed E-state index contributed by atoms with van der Waals surface area (Å²) in [6.07, 6.45) is 2.02. The van der Waals surface area contributed by atoms with Crippen LogP contribution in [0.15, 0.2) is 48.5 Å². The summed E-state index contributed by atoms with van der Waals surface area (Å²) in [5, 5.41) is 0. The molecule has 1 aliphatic rings. The van der Waals surface area contributed by atoms with E-state index in [1.165, 1.54) is 0 Å². The van der Waals surface area contributed by atoms with Crippen molar-refractivity contribution in [1.29, 1.82) is 0 Å². The summed E-state index contributed by atoms with van der Waals surface area (Å²) in [5.41, 5.74) is 8.73. The van der Waals surface area contributed by atoms with Gasteiger partial charge in [0.2, 0.25) is 0 Å². The van der Waals surface area contributed by atoms with Crippen molar-refractivity contribution < 1.29 is 14.2 Å². The van der Waals surface area contributed by atoms with Crippen LogP contribution in [0.25, 0.3) is 0 Å². The van der Waals surface area contributed by atoms with Gasteiger partial charge in [0, 0.05) is 19.3 Å². The molecule has 0 bridgehead atoms. The fraction of sp³-hybridized carbons (Fsp3) is 0.429. The van der Waals surface area contributed by atoms with E-state index in [2.05, 4.69) is 18.2 Å². The zero-order valence-corrected chi connectivity index (χ0v) is 14.8. The Kier molecular flexibility index (Phi) is 6.31. The van der Waals surface area contributed by atoms with Crippen LogP contribution in [0.2, 0.25) is 0 Å². The van der Waals surface area contributed by atoms with E-state index < -0.39 is 0 Å². The Morgan fingerprint density at radius 1 is 1.04 bits per heavy atom. The molecule has 1 fully saturated rings. The van der Waals surface area contributed by atoms with Crippen LogP contribution in [0, 0.1) is 5.92 Å². The standard InChI is InChI=1S/C21H27NO3/c1-2-24-20-14-18(21(22)17-10-12-23-13-11-17)8-9-19(20)25-15-16-6-4-3-5-7-16/h3-9,14,17,21H,2,10-13,15,22H2,1H3/t21-/m0/s1. The molecular weight excluding hydrogens is 314 g/mol. The molecule has 1 heterocycles. The van der Waals surface area contributed by atoms with Gasteiger partial charge in [0.05, 0.1) is 6.61 Å². The average molecular weight is 341 g/mol. The first-order valence-corrected chi connectivity index (χ1v) is 9.04. The maximum absolute atomic E-state index is 6.50. The second-order valence-electron chi connectivity index (χ2n) is 6.39. The summed E-state index contributed by atoms with van der Waals surface area (Å²) in [5.74, 6) is 1.98. The predicted octanol–water partition coefficient (Wildman–Crippen LogP) is 4.09. The number of hydrogen-bond acceptors (Lipinski definition) is 4. The van der Waals surface area contributed by atoms with Crippen LogP contribution in [0.3, 0.4) is 0 Å². The monoisotopic (exact) mass is 341 g/mol. The number of hydrogen-bond donors (Lipinski definition) is 1. The first kappa shape index (κ1) is 17.8. The highest BCUT2D eigenvalue weighted by molar-refractivity contribution is 5.44. The molecule has 0 aliphatic carbocycles. The topological polar surface area (TPSA) is 53.7 Å². The van der Waals surface area contributed by atoms with Crippen LogP contribution in [0.1, 0.15) is 36.9 Å². The van der Waals surface area contributed by atoms with E-state index in [0.29, 0.717) is 19.1 Å². The lowest BCUT2D eigenvalue weighted by molar-refractivity contribution is 0.0583. The molecule has 1 aliphatic heterocycles. The molecule has 0 saturated carbocycles. The zero-order chi connectivity index (χ0) is 17.5. The van der Waals surface area contributed by atoms with Gasteiger partial charge in [-0.05, 0) is 48.9 Å². The molecular formula is C21H27NO3. The quantitative estimate of drug-likeness (QED) is 0.824. The molecule has 2 N–H and O–H groups in total. The van der Waals surface area contributed by atoms with Gasteiger partial charge in [-0.25, -0.2) is 0 Å². The average Bonchev–Trinajstić information content (AvgIpc) is 2.68. The molecule has 0 amide bonds. The lowest BCUT2D eigenvalue weighted by Crippen LogP contribution is -2.27. The van der Waals surface area contributed by atoms with Crippen LogP contribution in [-0.4, -0.2) is 19.8 Å². The Morgan fingerprint density at radius 2 is 1.80 bits per heavy atom. The molecule has 0 radical (unpaired) electrons. The number of rotatable bonds is 7. The molecule has 2 aromatic rings. The van der Waals surface area contributed by atoms with Gasteiger partial charge in [0.15, 0.2) is 11.5 Å². The molecule has 3 rings (SSSR count). The maximum atomic E-state index is 6.50. The normalized spacial score (nSPS) is 16.4. The molecule has 0 spiro atoms. The zero-order valence-electron chi connectivity index (χ0n) is 14.8. The van der Waals surface area contributed by atoms with Crippen LogP contribution in [0.4, 0.5) is 0 Å². The third-order valence-corrected chi connectivity index (χ3v) is 4.66. The fourth-order valence-corrected chi connectivity index (χ4v) is 3.20. The minimum absolute atomic E-state index is 0.00581. The SMILES string of the molecule is CCOc1cc([C@@H](N)C2CCOCC2)ccc1OCc1ccccc1. The molecule has 4 nitrogen and oxygen atoms in total. The third kappa shape index (κ3) is 4.74. The molecule has 1 saturated heterocycles. The van der Waals surface area contributed by atoms with Crippen molar-refractivity contribution in [3.8, 4) is 11.5 Å². The molecule has 134 valence electrons. The molecule has 25 heavy (non-hydrogen) atoms. The predicted molar refractivity (Wildman–Crippen MR) is 98.9 cm³/mol. The van der Waals surface area contributed by atoms with Gasteiger partial charge in [0.1, 0.15) is 6.61 Å². The fourth-order valence-electron chi connectivity index (χ4n) is 3.20. The summed E-state index contributed by atoms with van der Waals surface area (Å²) in [7, 11) is 0. The van der Waals surface area contributed by atoms with E-state index >= 15 is 0 Å². The molecule has 0 aromatic heterocycles. The van der Waals surface area contributed by atoms with Crippen molar-refractivity contribution in [2.45, 2.75) is 32.4 Å². The van der Waals surface area contributed by atoms with Crippen molar-refractivity contribution in [3.63, 3.8) is 0 Å². The lowest BCUT2D eigenvalue weighted by Gasteiger charge is -2.28. The molecule has 4 heteroatoms. The van der Waals surface area contributed by atoms with Gasteiger partial charge in [0.25, 0.3) is 0 Å². The number of benzene rings is 2. The van der Waals surface area contributed by atoms with Gasteiger partial charge >= 0.3 is 0 Å². The van der Waals surface area contributed by atoms with E-state index in [1.807, 2.05) is 37.3 Å². The minimum Gasteiger partial charge on any atom is -0.490 e. The van der Waals surface area contributed by atoms with Crippen LogP contribution in [0.5, 0.6) is 11.5 Å².